The van der Waals surface area contributed by atoms with Crippen LogP contribution in [0.4, 0.5) is 4.39 Å². The van der Waals surface area contributed by atoms with Crippen LogP contribution in [0.5, 0.6) is 0 Å². The number of nitrogens with zero attached hydrogens (tertiary/aromatic N) is 1. The van der Waals surface area contributed by atoms with Gasteiger partial charge in [-0.25, -0.2) is 9.18 Å². The highest BCUT2D eigenvalue weighted by atomic mass is 19.2. The van der Waals surface area contributed by atoms with Crippen molar-refractivity contribution in [1.29, 1.82) is 0 Å². The van der Waals surface area contributed by atoms with Crippen LogP contribution in [0.1, 0.15) is 27.0 Å². The molecule has 1 aliphatic heterocycles. The molecule has 5 N–H and O–H groups in total. The molecule has 0 spiro atoms. The summed E-state index contributed by atoms with van der Waals surface area (Å²) in [7, 11) is 0. The first-order valence-electron chi connectivity index (χ1n) is 8.34. The Labute approximate surface area is 148 Å². The molecule has 10 nitrogen and oxygen atoms in total. The number of aromatic amines is 1. The Bertz CT molecular complexity index is 843. The number of aromatic nitrogens is 2. The monoisotopic (exact) mass is 376 g/mol. The molecule has 0 aromatic carbocycles. The molecule has 1 aliphatic rings. The molecule has 0 radical (unpaired) electrons. The van der Waals surface area contributed by atoms with Gasteiger partial charge in [0.1, 0.15) is 18.2 Å². The fourth-order valence-corrected chi connectivity index (χ4v) is 2.24. The summed E-state index contributed by atoms with van der Waals surface area (Å²) in [6.45, 7) is 3.43. The van der Waals surface area contributed by atoms with Crippen molar-refractivity contribution in [2.45, 2.75) is 51.1 Å². The summed E-state index contributed by atoms with van der Waals surface area (Å²) in [6, 6.07) is -1.05. The molecule has 1 aromatic heterocycles. The minimum Gasteiger partial charge on any atom is -0.458 e. The van der Waals surface area contributed by atoms with Gasteiger partial charge >= 0.3 is 11.7 Å². The van der Waals surface area contributed by atoms with Crippen molar-refractivity contribution in [3.05, 3.63) is 32.6 Å². The molecule has 0 amide bonds. The minimum atomic E-state index is -3.18. The molecule has 1 aromatic rings. The zero-order valence-electron chi connectivity index (χ0n) is 15.4. The maximum Gasteiger partial charge on any atom is 0.330 e. The molecule has 146 valence electrons. The number of H-pyrrole nitrogens is 1. The lowest BCUT2D eigenvalue weighted by atomic mass is 10.1. The summed E-state index contributed by atoms with van der Waals surface area (Å²) >= 11 is 0. The van der Waals surface area contributed by atoms with Gasteiger partial charge in [-0.1, -0.05) is 13.8 Å². The molecule has 5 atom stereocenters. The Morgan fingerprint density at radius 3 is 2.77 bits per heavy atom. The summed E-state index contributed by atoms with van der Waals surface area (Å²) in [5.41, 5.74) is 3.67. The summed E-state index contributed by atoms with van der Waals surface area (Å²) in [5, 5.41) is 20.1. The number of ether oxygens (including phenoxy) is 2. The highest BCUT2D eigenvalue weighted by molar-refractivity contribution is 5.75. The topological polar surface area (TPSA) is 157 Å². The molecule has 0 saturated carbocycles. The van der Waals surface area contributed by atoms with Crippen molar-refractivity contribution in [2.75, 3.05) is 6.61 Å². The van der Waals surface area contributed by atoms with E-state index < -0.39 is 54.1 Å². The molecule has 0 unspecified atom stereocenters. The first-order valence-corrected chi connectivity index (χ1v) is 7.84. The number of nitrogens with one attached hydrogen (secondary N) is 1. The molecule has 0 bridgehead atoms. The highest BCUT2D eigenvalue weighted by Crippen LogP contribution is 2.38. The lowest BCUT2D eigenvalue weighted by Gasteiger charge is -2.24. The van der Waals surface area contributed by atoms with Crippen molar-refractivity contribution >= 4 is 5.97 Å². The van der Waals surface area contributed by atoms with E-state index >= 15 is 4.39 Å². The second-order valence-corrected chi connectivity index (χ2v) is 6.44. The summed E-state index contributed by atoms with van der Waals surface area (Å²) in [6.07, 6.45) is -6.48. The zero-order valence-corrected chi connectivity index (χ0v) is 14.4. The molecule has 26 heavy (non-hydrogen) atoms. The van der Waals surface area contributed by atoms with Gasteiger partial charge in [-0.2, -0.15) is 0 Å². The van der Waals surface area contributed by atoms with Gasteiger partial charge in [-0.3, -0.25) is 19.1 Å². The quantitative estimate of drug-likeness (QED) is 0.442. The molecule has 1 fully saturated rings. The second-order valence-electron chi connectivity index (χ2n) is 6.44. The number of carbonyl (C=O) groups is 1. The van der Waals surface area contributed by atoms with E-state index in [1.165, 1.54) is 6.92 Å². The van der Waals surface area contributed by atoms with Gasteiger partial charge in [-0.05, 0) is 12.8 Å². The van der Waals surface area contributed by atoms with E-state index in [4.69, 9.17) is 16.6 Å². The van der Waals surface area contributed by atoms with Crippen LogP contribution in [0, 0.1) is 12.8 Å². The third kappa shape index (κ3) is 3.70. The van der Waals surface area contributed by atoms with E-state index in [0.29, 0.717) is 4.57 Å². The third-order valence-corrected chi connectivity index (χ3v) is 4.03. The first-order chi connectivity index (χ1) is 12.3. The van der Waals surface area contributed by atoms with Crippen LogP contribution in [0.25, 0.3) is 0 Å². The number of hydrogen-bond acceptors (Lipinski definition) is 8. The third-order valence-electron chi connectivity index (χ3n) is 4.03. The fourth-order valence-electron chi connectivity index (χ4n) is 2.24. The fraction of sp³-hybridized carbons (Fsp3) is 0.667. The predicted molar refractivity (Wildman–Crippen MR) is 85.8 cm³/mol. The molecule has 1 saturated heterocycles. The Hall–Kier alpha value is -2.08. The van der Waals surface area contributed by atoms with Gasteiger partial charge in [0, 0.05) is 11.8 Å². The van der Waals surface area contributed by atoms with Crippen LogP contribution in [-0.2, 0) is 14.3 Å². The van der Waals surface area contributed by atoms with E-state index in [1.54, 1.807) is 13.8 Å². The van der Waals surface area contributed by atoms with Gasteiger partial charge in [0.2, 0.25) is 0 Å². The number of rotatable bonds is 5. The van der Waals surface area contributed by atoms with Crippen molar-refractivity contribution in [1.82, 2.24) is 9.55 Å². The van der Waals surface area contributed by atoms with Crippen LogP contribution in [0.15, 0.2) is 15.8 Å². The number of aliphatic hydroxyl groups excluding tert-OH is 2. The Kier molecular flexibility index (Phi) is 5.23. The van der Waals surface area contributed by atoms with Gasteiger partial charge in [-0.15, -0.1) is 0 Å². The molecular formula is C15H22FN3O7. The van der Waals surface area contributed by atoms with E-state index in [-0.39, 0.29) is 11.5 Å². The Balaban J connectivity index is 2.31. The highest BCUT2D eigenvalue weighted by Gasteiger charge is 2.57. The minimum absolute atomic E-state index is 0.0165. The maximum atomic E-state index is 15.0. The van der Waals surface area contributed by atoms with Crippen molar-refractivity contribution in [2.24, 2.45) is 11.7 Å². The first kappa shape index (κ1) is 18.7. The second kappa shape index (κ2) is 7.27. The van der Waals surface area contributed by atoms with Gasteiger partial charge in [0.15, 0.2) is 12.8 Å². The number of aryl methyl sites for hydroxylation is 1. The van der Waals surface area contributed by atoms with E-state index in [1.807, 2.05) is 4.98 Å². The number of halogens is 1. The average molecular weight is 376 g/mol. The number of hydrogen-bond donors (Lipinski definition) is 4. The average Bonchev–Trinajstić information content (AvgIpc) is 2.76. The number of aliphatic hydroxyl groups is 2. The largest absolute Gasteiger partial charge is 0.458 e. The lowest BCUT2D eigenvalue weighted by Crippen LogP contribution is -2.46. The summed E-state index contributed by atoms with van der Waals surface area (Å²) in [5.74, 6) is -4.45. The van der Waals surface area contributed by atoms with Crippen molar-refractivity contribution in [3.8, 4) is 0 Å². The number of carbonyl (C=O) groups excluding carboxylic acids is 1. The standard InChI is InChI=1S/C15H22FN3O7/c1-6(2)8(17)13(23)25-5-15(16)10(21)9(20)12(26-15)19-4-7(3)11(22)18-14(19)24/h4,6,8-10,12,20-21H,5,17H2,1-3H3,(H,18,22,24)/t8-,9+,10-,12+,15+/m0/s1/i12D. The zero-order chi connectivity index (χ0) is 20.7. The molecule has 2 heterocycles. The lowest BCUT2D eigenvalue weighted by molar-refractivity contribution is -0.217. The Morgan fingerprint density at radius 1 is 1.58 bits per heavy atom. The van der Waals surface area contributed by atoms with Crippen molar-refractivity contribution < 1.29 is 30.2 Å². The van der Waals surface area contributed by atoms with E-state index in [2.05, 4.69) is 0 Å². The van der Waals surface area contributed by atoms with E-state index in [0.717, 1.165) is 6.20 Å². The van der Waals surface area contributed by atoms with Crippen LogP contribution >= 0.6 is 0 Å². The SMILES string of the molecule is [2H][C@@]1(n2cc(C)c(=O)[nH]c2=O)O[C@](F)(COC(=O)[C@@H](N)C(C)C)[C@@H](O)[C@H]1O. The normalized spacial score (nSPS) is 33.2. The summed E-state index contributed by atoms with van der Waals surface area (Å²) in [4.78, 5) is 37.1. The Morgan fingerprint density at radius 2 is 2.19 bits per heavy atom. The number of alkyl halides is 1. The smallest absolute Gasteiger partial charge is 0.330 e. The molecule has 11 heteroatoms. The van der Waals surface area contributed by atoms with Gasteiger partial charge in [0.25, 0.3) is 11.4 Å². The van der Waals surface area contributed by atoms with Crippen LogP contribution in [0.2, 0.25) is 0 Å². The van der Waals surface area contributed by atoms with Crippen LogP contribution < -0.4 is 17.0 Å². The molecule has 0 aliphatic carbocycles. The number of esters is 1. The number of nitrogens with two attached hydrogens (primary N) is 1. The molecular weight excluding hydrogens is 353 g/mol. The van der Waals surface area contributed by atoms with Gasteiger partial charge < -0.3 is 25.4 Å². The van der Waals surface area contributed by atoms with Gasteiger partial charge in [0.05, 0.1) is 1.37 Å². The van der Waals surface area contributed by atoms with Crippen LogP contribution in [-0.4, -0.2) is 56.4 Å². The van der Waals surface area contributed by atoms with E-state index in [9.17, 15) is 24.6 Å². The predicted octanol–water partition coefficient (Wildman–Crippen LogP) is -1.71. The van der Waals surface area contributed by atoms with Crippen molar-refractivity contribution in [3.63, 3.8) is 0 Å². The maximum absolute atomic E-state index is 15.0. The van der Waals surface area contributed by atoms with Crippen LogP contribution in [0.3, 0.4) is 0 Å². The summed E-state index contributed by atoms with van der Waals surface area (Å²) < 4.78 is 33.2. The molecule has 2 rings (SSSR count).